The second kappa shape index (κ2) is 4.70. The molecule has 0 amide bonds. The molecule has 0 aliphatic rings. The number of aromatic nitrogens is 2. The Bertz CT molecular complexity index is 679. The van der Waals surface area contributed by atoms with Crippen molar-refractivity contribution in [2.75, 3.05) is 0 Å². The number of halogens is 4. The molecule has 0 saturated carbocycles. The Morgan fingerprint density at radius 3 is 2.63 bits per heavy atom. The molecule has 0 N–H and O–H groups in total. The van der Waals surface area contributed by atoms with Gasteiger partial charge in [0.2, 0.25) is 0 Å². The highest BCUT2D eigenvalue weighted by Crippen LogP contribution is 2.32. The first kappa shape index (κ1) is 13.6. The summed E-state index contributed by atoms with van der Waals surface area (Å²) in [6.45, 7) is 0. The number of alkyl halides is 3. The predicted molar refractivity (Wildman–Crippen MR) is 64.9 cm³/mol. The van der Waals surface area contributed by atoms with Gasteiger partial charge >= 0.3 is 6.18 Å². The Morgan fingerprint density at radius 1 is 1.32 bits per heavy atom. The zero-order valence-corrected chi connectivity index (χ0v) is 10.5. The minimum Gasteiger partial charge on any atom is -0.267 e. The molecule has 0 atom stereocenters. The molecule has 100 valence electrons. The van der Waals surface area contributed by atoms with Crippen LogP contribution in [0.4, 0.5) is 13.2 Å². The van der Waals surface area contributed by atoms with Gasteiger partial charge in [-0.2, -0.15) is 18.3 Å². The van der Waals surface area contributed by atoms with Crippen molar-refractivity contribution in [1.29, 1.82) is 0 Å². The van der Waals surface area contributed by atoms with Crippen LogP contribution in [0.25, 0.3) is 11.1 Å². The number of aryl methyl sites for hydroxylation is 1. The topological polar surface area (TPSA) is 34.9 Å². The molecule has 0 radical (unpaired) electrons. The summed E-state index contributed by atoms with van der Waals surface area (Å²) in [5.41, 5.74) is -1.26. The van der Waals surface area contributed by atoms with E-state index in [0.29, 0.717) is 0 Å². The molecule has 2 rings (SSSR count). The van der Waals surface area contributed by atoms with Crippen LogP contribution in [0.5, 0.6) is 0 Å². The number of benzene rings is 1. The van der Waals surface area contributed by atoms with Gasteiger partial charge in [0.15, 0.2) is 0 Å². The zero-order valence-electron chi connectivity index (χ0n) is 9.70. The molecule has 0 aliphatic heterocycles. The Kier molecular flexibility index (Phi) is 3.36. The Labute approximate surface area is 111 Å². The SMILES string of the molecule is Cn1ncc(Cl)c(-c2cccc(C(F)(F)F)c2)c1=O. The van der Waals surface area contributed by atoms with Crippen LogP contribution in [0.3, 0.4) is 0 Å². The van der Waals surface area contributed by atoms with Crippen LogP contribution in [0.2, 0.25) is 5.02 Å². The van der Waals surface area contributed by atoms with Crippen LogP contribution in [0, 0.1) is 0 Å². The van der Waals surface area contributed by atoms with Crippen molar-refractivity contribution in [2.45, 2.75) is 6.18 Å². The molecule has 2 aromatic rings. The number of rotatable bonds is 1. The van der Waals surface area contributed by atoms with E-state index in [2.05, 4.69) is 5.10 Å². The third kappa shape index (κ3) is 2.63. The van der Waals surface area contributed by atoms with Crippen LogP contribution in [0.1, 0.15) is 5.56 Å². The van der Waals surface area contributed by atoms with Crippen molar-refractivity contribution < 1.29 is 13.2 Å². The summed E-state index contributed by atoms with van der Waals surface area (Å²) in [4.78, 5) is 11.9. The lowest BCUT2D eigenvalue weighted by molar-refractivity contribution is -0.137. The first-order valence-electron chi connectivity index (χ1n) is 5.20. The van der Waals surface area contributed by atoms with Gasteiger partial charge in [-0.1, -0.05) is 23.7 Å². The summed E-state index contributed by atoms with van der Waals surface area (Å²) >= 11 is 5.85. The van der Waals surface area contributed by atoms with E-state index in [1.165, 1.54) is 25.4 Å². The second-order valence-electron chi connectivity index (χ2n) is 3.87. The monoisotopic (exact) mass is 288 g/mol. The Morgan fingerprint density at radius 2 is 2.00 bits per heavy atom. The van der Waals surface area contributed by atoms with Crippen LogP contribution < -0.4 is 5.56 Å². The highest BCUT2D eigenvalue weighted by atomic mass is 35.5. The molecule has 0 bridgehead atoms. The van der Waals surface area contributed by atoms with Crippen molar-refractivity contribution in [3.05, 3.63) is 51.4 Å². The summed E-state index contributed by atoms with van der Waals surface area (Å²) in [5, 5.41) is 3.70. The zero-order chi connectivity index (χ0) is 14.2. The minimum absolute atomic E-state index is 0.00488. The van der Waals surface area contributed by atoms with Crippen molar-refractivity contribution in [1.82, 2.24) is 9.78 Å². The first-order valence-corrected chi connectivity index (χ1v) is 5.58. The lowest BCUT2D eigenvalue weighted by atomic mass is 10.0. The van der Waals surface area contributed by atoms with E-state index in [-0.39, 0.29) is 16.1 Å². The standard InChI is InChI=1S/C12H8ClF3N2O/c1-18-11(19)10(9(13)6-17-18)7-3-2-4-8(5-7)12(14,15)16/h2-6H,1H3. The van der Waals surface area contributed by atoms with Crippen LogP contribution in [-0.2, 0) is 13.2 Å². The fourth-order valence-electron chi connectivity index (χ4n) is 1.63. The second-order valence-corrected chi connectivity index (χ2v) is 4.28. The maximum absolute atomic E-state index is 12.6. The van der Waals surface area contributed by atoms with Gasteiger partial charge in [-0.3, -0.25) is 4.79 Å². The molecular formula is C12H8ClF3N2O. The van der Waals surface area contributed by atoms with E-state index in [9.17, 15) is 18.0 Å². The van der Waals surface area contributed by atoms with E-state index in [0.717, 1.165) is 16.8 Å². The van der Waals surface area contributed by atoms with Crippen LogP contribution in [0.15, 0.2) is 35.3 Å². The third-order valence-electron chi connectivity index (χ3n) is 2.57. The summed E-state index contributed by atoms with van der Waals surface area (Å²) in [6, 6.07) is 4.46. The molecule has 0 saturated heterocycles. The molecule has 0 fully saturated rings. The van der Waals surface area contributed by atoms with Crippen molar-refractivity contribution in [3.8, 4) is 11.1 Å². The van der Waals surface area contributed by atoms with Crippen molar-refractivity contribution >= 4 is 11.6 Å². The summed E-state index contributed by atoms with van der Waals surface area (Å²) < 4.78 is 38.9. The molecule has 1 aromatic carbocycles. The summed E-state index contributed by atoms with van der Waals surface area (Å²) in [7, 11) is 1.40. The van der Waals surface area contributed by atoms with Gasteiger partial charge in [-0.15, -0.1) is 0 Å². The average Bonchev–Trinajstić information content (AvgIpc) is 2.34. The van der Waals surface area contributed by atoms with Gasteiger partial charge in [-0.05, 0) is 17.7 Å². The average molecular weight is 289 g/mol. The van der Waals surface area contributed by atoms with Gasteiger partial charge < -0.3 is 0 Å². The Hall–Kier alpha value is -1.82. The predicted octanol–water partition coefficient (Wildman–Crippen LogP) is 3.12. The highest BCUT2D eigenvalue weighted by Gasteiger charge is 2.30. The maximum Gasteiger partial charge on any atom is 0.416 e. The van der Waals surface area contributed by atoms with E-state index in [1.807, 2.05) is 0 Å². The molecule has 1 aromatic heterocycles. The molecular weight excluding hydrogens is 281 g/mol. The van der Waals surface area contributed by atoms with E-state index < -0.39 is 17.3 Å². The highest BCUT2D eigenvalue weighted by molar-refractivity contribution is 6.33. The quantitative estimate of drug-likeness (QED) is 0.808. The van der Waals surface area contributed by atoms with E-state index >= 15 is 0 Å². The normalized spacial score (nSPS) is 11.6. The van der Waals surface area contributed by atoms with Crippen LogP contribution in [-0.4, -0.2) is 9.78 Å². The van der Waals surface area contributed by atoms with Gasteiger partial charge in [0.25, 0.3) is 5.56 Å². The lowest BCUT2D eigenvalue weighted by Gasteiger charge is -2.09. The Balaban J connectivity index is 2.67. The first-order chi connectivity index (χ1) is 8.80. The molecule has 19 heavy (non-hydrogen) atoms. The number of hydrogen-bond donors (Lipinski definition) is 0. The molecule has 7 heteroatoms. The van der Waals surface area contributed by atoms with Crippen LogP contribution >= 0.6 is 11.6 Å². The van der Waals surface area contributed by atoms with Gasteiger partial charge in [0.1, 0.15) is 0 Å². The van der Waals surface area contributed by atoms with Gasteiger partial charge in [0.05, 0.1) is 22.3 Å². The minimum atomic E-state index is -4.47. The fraction of sp³-hybridized carbons (Fsp3) is 0.167. The molecule has 0 spiro atoms. The third-order valence-corrected chi connectivity index (χ3v) is 2.86. The fourth-order valence-corrected chi connectivity index (χ4v) is 1.86. The number of nitrogens with zero attached hydrogens (tertiary/aromatic N) is 2. The van der Waals surface area contributed by atoms with E-state index in [1.54, 1.807) is 0 Å². The molecule has 0 aliphatic carbocycles. The summed E-state index contributed by atoms with van der Waals surface area (Å²) in [6.07, 6.45) is -3.25. The van der Waals surface area contributed by atoms with Crippen molar-refractivity contribution in [2.24, 2.45) is 7.05 Å². The largest absolute Gasteiger partial charge is 0.416 e. The van der Waals surface area contributed by atoms with E-state index in [4.69, 9.17) is 11.6 Å². The van der Waals surface area contributed by atoms with Crippen molar-refractivity contribution in [3.63, 3.8) is 0 Å². The maximum atomic E-state index is 12.6. The van der Waals surface area contributed by atoms with Gasteiger partial charge in [-0.25, -0.2) is 4.68 Å². The lowest BCUT2D eigenvalue weighted by Crippen LogP contribution is -2.21. The smallest absolute Gasteiger partial charge is 0.267 e. The van der Waals surface area contributed by atoms with Gasteiger partial charge in [0, 0.05) is 7.05 Å². The number of hydrogen-bond acceptors (Lipinski definition) is 2. The molecule has 0 unspecified atom stereocenters. The summed E-state index contributed by atoms with van der Waals surface area (Å²) in [5.74, 6) is 0. The molecule has 1 heterocycles. The molecule has 3 nitrogen and oxygen atoms in total.